The third-order valence-corrected chi connectivity index (χ3v) is 12.7. The largest absolute Gasteiger partial charge is 0.433 e. The van der Waals surface area contributed by atoms with Crippen molar-refractivity contribution in [2.24, 2.45) is 45.3 Å². The normalized spacial score (nSPS) is 41.4. The average Bonchev–Trinajstić information content (AvgIpc) is 3.06. The molecule has 4 nitrogen and oxygen atoms in total. The van der Waals surface area contributed by atoms with Crippen molar-refractivity contribution in [3.8, 4) is 0 Å². The lowest BCUT2D eigenvalue weighted by atomic mass is 9.43. The van der Waals surface area contributed by atoms with E-state index >= 15 is 0 Å². The molecule has 0 radical (unpaired) electrons. The van der Waals surface area contributed by atoms with Crippen LogP contribution in [0.4, 0.5) is 0 Å². The molecular formula is C33H54O4. The van der Waals surface area contributed by atoms with Crippen LogP contribution < -0.4 is 0 Å². The minimum absolute atomic E-state index is 0.0332. The molecule has 4 aliphatic rings. The van der Waals surface area contributed by atoms with E-state index in [-0.39, 0.29) is 45.5 Å². The van der Waals surface area contributed by atoms with Crippen molar-refractivity contribution < 1.29 is 19.7 Å². The Balaban J connectivity index is 1.70. The third-order valence-electron chi connectivity index (χ3n) is 12.7. The Morgan fingerprint density at radius 2 is 1.68 bits per heavy atom. The first kappa shape index (κ1) is 28.9. The summed E-state index contributed by atoms with van der Waals surface area (Å²) in [6, 6.07) is 0. The Bertz CT molecular complexity index is 977. The summed E-state index contributed by atoms with van der Waals surface area (Å²) in [5.74, 6) is -1.16. The van der Waals surface area contributed by atoms with E-state index in [4.69, 9.17) is 4.74 Å². The van der Waals surface area contributed by atoms with E-state index in [2.05, 4.69) is 62.0 Å². The molecule has 2 fully saturated rings. The SMILES string of the molecule is C=C(CC(O)(OC(C)=O)C(C)C1CCC2(C)C3=C(CCC12C)C1(C)CCC(O)C(C)(C)C1CC3)C(C)C. The molecule has 4 rings (SSSR count). The number of carbonyl (C=O) groups is 1. The number of aliphatic hydroxyl groups excluding tert-OH is 1. The molecule has 2 N–H and O–H groups in total. The fourth-order valence-electron chi connectivity index (χ4n) is 9.90. The summed E-state index contributed by atoms with van der Waals surface area (Å²) in [6.07, 6.45) is 8.68. The maximum absolute atomic E-state index is 12.2. The second kappa shape index (κ2) is 9.22. The van der Waals surface area contributed by atoms with E-state index in [1.165, 1.54) is 6.92 Å². The monoisotopic (exact) mass is 514 g/mol. The number of fused-ring (bicyclic) bond motifs is 4. The van der Waals surface area contributed by atoms with Crippen LogP contribution in [0.25, 0.3) is 0 Å². The van der Waals surface area contributed by atoms with Crippen molar-refractivity contribution in [3.63, 3.8) is 0 Å². The van der Waals surface area contributed by atoms with Crippen LogP contribution in [0.1, 0.15) is 120 Å². The molecule has 0 amide bonds. The maximum Gasteiger partial charge on any atom is 0.305 e. The van der Waals surface area contributed by atoms with Gasteiger partial charge in [-0.05, 0) is 90.8 Å². The van der Waals surface area contributed by atoms with Gasteiger partial charge in [0.15, 0.2) is 0 Å². The molecule has 0 aliphatic heterocycles. The van der Waals surface area contributed by atoms with Crippen LogP contribution >= 0.6 is 0 Å². The van der Waals surface area contributed by atoms with Crippen LogP contribution in [0.3, 0.4) is 0 Å². The van der Waals surface area contributed by atoms with Gasteiger partial charge in [-0.15, -0.1) is 0 Å². The lowest BCUT2D eigenvalue weighted by Crippen LogP contribution is -2.55. The lowest BCUT2D eigenvalue weighted by molar-refractivity contribution is -0.241. The predicted octanol–water partition coefficient (Wildman–Crippen LogP) is 7.59. The number of aliphatic hydroxyl groups is 2. The highest BCUT2D eigenvalue weighted by Crippen LogP contribution is 2.72. The molecule has 2 saturated carbocycles. The number of carbonyl (C=O) groups excluding carboxylic acids is 1. The Kier molecular flexibility index (Phi) is 7.19. The Hall–Kier alpha value is -1.13. The second-order valence-corrected chi connectivity index (χ2v) is 15.0. The molecule has 37 heavy (non-hydrogen) atoms. The summed E-state index contributed by atoms with van der Waals surface area (Å²) in [6.45, 7) is 23.9. The van der Waals surface area contributed by atoms with Crippen molar-refractivity contribution >= 4 is 5.97 Å². The Morgan fingerprint density at radius 3 is 2.27 bits per heavy atom. The molecule has 0 bridgehead atoms. The van der Waals surface area contributed by atoms with Crippen molar-refractivity contribution in [2.45, 2.75) is 132 Å². The minimum Gasteiger partial charge on any atom is -0.433 e. The van der Waals surface area contributed by atoms with Gasteiger partial charge in [-0.1, -0.05) is 78.7 Å². The number of allylic oxidation sites excluding steroid dienone is 2. The molecule has 0 saturated heterocycles. The van der Waals surface area contributed by atoms with Crippen molar-refractivity contribution in [1.29, 1.82) is 0 Å². The number of esters is 1. The van der Waals surface area contributed by atoms with Gasteiger partial charge in [0.05, 0.1) is 6.10 Å². The molecule has 0 aromatic rings. The van der Waals surface area contributed by atoms with E-state index in [1.54, 1.807) is 11.1 Å². The van der Waals surface area contributed by atoms with Crippen LogP contribution in [-0.4, -0.2) is 28.1 Å². The van der Waals surface area contributed by atoms with E-state index in [1.807, 2.05) is 0 Å². The summed E-state index contributed by atoms with van der Waals surface area (Å²) in [5, 5.41) is 22.8. The van der Waals surface area contributed by atoms with Gasteiger partial charge in [-0.2, -0.15) is 0 Å². The zero-order valence-corrected chi connectivity index (χ0v) is 25.2. The lowest BCUT2D eigenvalue weighted by Gasteiger charge is -2.62. The van der Waals surface area contributed by atoms with E-state index in [9.17, 15) is 15.0 Å². The molecule has 8 unspecified atom stereocenters. The molecule has 0 aromatic carbocycles. The summed E-state index contributed by atoms with van der Waals surface area (Å²) >= 11 is 0. The summed E-state index contributed by atoms with van der Waals surface area (Å²) in [7, 11) is 0. The van der Waals surface area contributed by atoms with Gasteiger partial charge in [0.2, 0.25) is 5.79 Å². The van der Waals surface area contributed by atoms with Crippen LogP contribution in [0, 0.1) is 45.3 Å². The smallest absolute Gasteiger partial charge is 0.305 e. The number of rotatable bonds is 6. The van der Waals surface area contributed by atoms with Gasteiger partial charge >= 0.3 is 5.97 Å². The Morgan fingerprint density at radius 1 is 1.03 bits per heavy atom. The number of hydrogen-bond donors (Lipinski definition) is 2. The maximum atomic E-state index is 12.2. The van der Waals surface area contributed by atoms with Gasteiger partial charge in [-0.3, -0.25) is 4.79 Å². The van der Waals surface area contributed by atoms with Gasteiger partial charge in [0, 0.05) is 19.3 Å². The fraction of sp³-hybridized carbons (Fsp3) is 0.848. The zero-order valence-electron chi connectivity index (χ0n) is 25.2. The topological polar surface area (TPSA) is 66.8 Å². The molecular weight excluding hydrogens is 460 g/mol. The fourth-order valence-corrected chi connectivity index (χ4v) is 9.90. The van der Waals surface area contributed by atoms with Crippen LogP contribution in [0.15, 0.2) is 23.3 Å². The first-order valence-electron chi connectivity index (χ1n) is 14.9. The van der Waals surface area contributed by atoms with Crippen LogP contribution in [0.5, 0.6) is 0 Å². The molecule has 210 valence electrons. The predicted molar refractivity (Wildman–Crippen MR) is 150 cm³/mol. The summed E-state index contributed by atoms with van der Waals surface area (Å²) in [4.78, 5) is 12.2. The molecule has 8 atom stereocenters. The highest BCUT2D eigenvalue weighted by atomic mass is 16.7. The summed E-state index contributed by atoms with van der Waals surface area (Å²) < 4.78 is 5.74. The molecule has 0 spiro atoms. The molecule has 4 heteroatoms. The molecule has 0 heterocycles. The highest BCUT2D eigenvalue weighted by Gasteiger charge is 2.65. The number of ether oxygens (including phenoxy) is 1. The standard InChI is InChI=1S/C33H54O4/c1-20(2)21(3)19-33(36,37-23(5)34)22(4)24-13-17-32(10)26-11-12-27-29(6,7)28(35)15-16-30(27,8)25(26)14-18-31(24,32)9/h20,22,24,27-28,35-36H,3,11-19H2,1-2,4-10H3. The Labute approximate surface area is 226 Å². The number of hydrogen-bond acceptors (Lipinski definition) is 4. The van der Waals surface area contributed by atoms with E-state index in [0.29, 0.717) is 12.3 Å². The van der Waals surface area contributed by atoms with Gasteiger partial charge in [0.25, 0.3) is 0 Å². The van der Waals surface area contributed by atoms with Gasteiger partial charge in [0.1, 0.15) is 0 Å². The molecule has 4 aliphatic carbocycles. The zero-order chi connectivity index (χ0) is 27.8. The van der Waals surface area contributed by atoms with Crippen molar-refractivity contribution in [2.75, 3.05) is 0 Å². The van der Waals surface area contributed by atoms with Gasteiger partial charge < -0.3 is 14.9 Å². The van der Waals surface area contributed by atoms with Crippen molar-refractivity contribution in [3.05, 3.63) is 23.3 Å². The van der Waals surface area contributed by atoms with Crippen LogP contribution in [0.2, 0.25) is 0 Å². The summed E-state index contributed by atoms with van der Waals surface area (Å²) in [5.41, 5.74) is 4.52. The minimum atomic E-state index is -1.53. The van der Waals surface area contributed by atoms with Gasteiger partial charge in [-0.25, -0.2) is 0 Å². The first-order chi connectivity index (χ1) is 16.9. The third kappa shape index (κ3) is 4.19. The quantitative estimate of drug-likeness (QED) is 0.218. The van der Waals surface area contributed by atoms with E-state index < -0.39 is 11.8 Å². The van der Waals surface area contributed by atoms with E-state index in [0.717, 1.165) is 56.9 Å². The molecule has 0 aromatic heterocycles. The average molecular weight is 515 g/mol. The highest BCUT2D eigenvalue weighted by molar-refractivity contribution is 5.66. The second-order valence-electron chi connectivity index (χ2n) is 15.0. The van der Waals surface area contributed by atoms with Crippen molar-refractivity contribution in [1.82, 2.24) is 0 Å². The first-order valence-corrected chi connectivity index (χ1v) is 14.9. The van der Waals surface area contributed by atoms with Crippen LogP contribution in [-0.2, 0) is 9.53 Å².